The van der Waals surface area contributed by atoms with E-state index in [2.05, 4.69) is 10.4 Å². The van der Waals surface area contributed by atoms with Gasteiger partial charge in [0.1, 0.15) is 22.6 Å². The number of nitrogens with one attached hydrogen (secondary N) is 1. The molecule has 1 amide bonds. The molecule has 24 heavy (non-hydrogen) atoms. The third-order valence-electron chi connectivity index (χ3n) is 3.19. The van der Waals surface area contributed by atoms with E-state index in [0.717, 1.165) is 0 Å². The molecule has 5 nitrogen and oxygen atoms in total. The van der Waals surface area contributed by atoms with Crippen LogP contribution in [-0.4, -0.2) is 21.7 Å². The molecule has 0 bridgehead atoms. The molecule has 0 fully saturated rings. The first-order chi connectivity index (χ1) is 11.3. The van der Waals surface area contributed by atoms with Crippen molar-refractivity contribution in [1.29, 1.82) is 5.26 Å². The maximum absolute atomic E-state index is 13.0. The van der Waals surface area contributed by atoms with Crippen LogP contribution in [0.15, 0.2) is 29.8 Å². The lowest BCUT2D eigenvalue weighted by molar-refractivity contribution is -0.117. The van der Waals surface area contributed by atoms with Crippen molar-refractivity contribution in [3.63, 3.8) is 0 Å². The van der Waals surface area contributed by atoms with Gasteiger partial charge in [-0.3, -0.25) is 4.79 Å². The second-order valence-corrected chi connectivity index (χ2v) is 5.83. The summed E-state index contributed by atoms with van der Waals surface area (Å²) in [7, 11) is 0. The van der Waals surface area contributed by atoms with Gasteiger partial charge in [0.2, 0.25) is 0 Å². The van der Waals surface area contributed by atoms with Gasteiger partial charge in [0, 0.05) is 11.6 Å². The topological polar surface area (TPSA) is 70.7 Å². The molecule has 0 saturated heterocycles. The van der Waals surface area contributed by atoms with E-state index >= 15 is 0 Å². The molecule has 1 aromatic heterocycles. The highest BCUT2D eigenvalue weighted by Gasteiger charge is 2.17. The van der Waals surface area contributed by atoms with E-state index in [1.54, 1.807) is 20.8 Å². The van der Waals surface area contributed by atoms with Crippen LogP contribution in [-0.2, 0) is 4.79 Å². The maximum atomic E-state index is 13.0. The first kappa shape index (κ1) is 17.7. The molecule has 0 aliphatic rings. The first-order valence-electron chi connectivity index (χ1n) is 7.27. The Bertz CT molecular complexity index is 832. The van der Waals surface area contributed by atoms with Gasteiger partial charge in [0.15, 0.2) is 0 Å². The molecule has 124 valence electrons. The Morgan fingerprint density at radius 3 is 2.58 bits per heavy atom. The molecule has 0 radical (unpaired) electrons. The van der Waals surface area contributed by atoms with Crippen molar-refractivity contribution < 1.29 is 9.18 Å². The van der Waals surface area contributed by atoms with Gasteiger partial charge < -0.3 is 5.32 Å². The molecular formula is C17H16ClFN4O. The first-order valence-corrected chi connectivity index (χ1v) is 7.65. The summed E-state index contributed by atoms with van der Waals surface area (Å²) in [6, 6.07) is 7.46. The number of carbonyl (C=O) groups excluding carboxylic acids is 1. The van der Waals surface area contributed by atoms with Crippen molar-refractivity contribution in [2.24, 2.45) is 0 Å². The van der Waals surface area contributed by atoms with Crippen molar-refractivity contribution in [3.8, 4) is 11.8 Å². The van der Waals surface area contributed by atoms with Crippen molar-refractivity contribution in [2.45, 2.75) is 26.8 Å². The third-order valence-corrected chi connectivity index (χ3v) is 3.56. The minimum Gasteiger partial charge on any atom is -0.349 e. The van der Waals surface area contributed by atoms with Gasteiger partial charge in [0.25, 0.3) is 5.91 Å². The van der Waals surface area contributed by atoms with Gasteiger partial charge in [-0.25, -0.2) is 9.07 Å². The summed E-state index contributed by atoms with van der Waals surface area (Å²) in [5.41, 5.74) is 1.53. The van der Waals surface area contributed by atoms with Gasteiger partial charge in [0.05, 0.1) is 11.4 Å². The Kier molecular flexibility index (Phi) is 5.37. The molecule has 0 spiro atoms. The average Bonchev–Trinajstić information content (AvgIpc) is 2.80. The van der Waals surface area contributed by atoms with Gasteiger partial charge >= 0.3 is 0 Å². The minimum absolute atomic E-state index is 0.0626. The van der Waals surface area contributed by atoms with Crippen LogP contribution in [0, 0.1) is 24.1 Å². The number of rotatable bonds is 4. The fraction of sp³-hybridized carbons (Fsp3) is 0.235. The Labute approximate surface area is 144 Å². The molecule has 1 aromatic carbocycles. The number of hydrogen-bond acceptors (Lipinski definition) is 3. The molecule has 0 aliphatic carbocycles. The number of nitrogens with zero attached hydrogens (tertiary/aromatic N) is 3. The van der Waals surface area contributed by atoms with Crippen molar-refractivity contribution >= 4 is 23.6 Å². The largest absolute Gasteiger partial charge is 0.349 e. The summed E-state index contributed by atoms with van der Waals surface area (Å²) in [6.07, 6.45) is 1.41. The summed E-state index contributed by atoms with van der Waals surface area (Å²) < 4.78 is 14.5. The highest BCUT2D eigenvalue weighted by molar-refractivity contribution is 6.31. The Balaban J connectivity index is 2.45. The van der Waals surface area contributed by atoms with Gasteiger partial charge in [-0.2, -0.15) is 10.4 Å². The Hall–Kier alpha value is -2.65. The Morgan fingerprint density at radius 2 is 2.04 bits per heavy atom. The lowest BCUT2D eigenvalue weighted by Gasteiger charge is -2.07. The summed E-state index contributed by atoms with van der Waals surface area (Å²) in [5, 5.41) is 16.4. The van der Waals surface area contributed by atoms with Crippen LogP contribution in [0.4, 0.5) is 4.39 Å². The molecule has 0 saturated carbocycles. The number of carbonyl (C=O) groups is 1. The lowest BCUT2D eigenvalue weighted by atomic mass is 10.1. The predicted octanol–water partition coefficient (Wildman–Crippen LogP) is 3.40. The normalized spacial score (nSPS) is 11.5. The summed E-state index contributed by atoms with van der Waals surface area (Å²) >= 11 is 6.34. The molecule has 0 aliphatic heterocycles. The van der Waals surface area contributed by atoms with Crippen LogP contribution in [0.3, 0.4) is 0 Å². The third kappa shape index (κ3) is 3.81. The van der Waals surface area contributed by atoms with E-state index in [1.165, 1.54) is 35.0 Å². The average molecular weight is 347 g/mol. The molecule has 1 N–H and O–H groups in total. The lowest BCUT2D eigenvalue weighted by Crippen LogP contribution is -2.30. The van der Waals surface area contributed by atoms with Crippen LogP contribution in [0.25, 0.3) is 11.8 Å². The Morgan fingerprint density at radius 1 is 1.42 bits per heavy atom. The fourth-order valence-corrected chi connectivity index (χ4v) is 2.39. The summed E-state index contributed by atoms with van der Waals surface area (Å²) in [6.45, 7) is 5.32. The number of hydrogen-bond donors (Lipinski definition) is 1. The standard InChI is InChI=1S/C17H16ClFN4O/c1-10(2)21-17(24)12(9-20)8-15-11(3)22-23(16(15)18)14-6-4-13(19)5-7-14/h4-8,10H,1-3H3,(H,21,24). The zero-order valence-electron chi connectivity index (χ0n) is 13.5. The van der Waals surface area contributed by atoms with Crippen LogP contribution in [0.1, 0.15) is 25.1 Å². The van der Waals surface area contributed by atoms with Gasteiger partial charge in [-0.05, 0) is 51.1 Å². The zero-order valence-corrected chi connectivity index (χ0v) is 14.2. The van der Waals surface area contributed by atoms with Crippen molar-refractivity contribution in [1.82, 2.24) is 15.1 Å². The fourth-order valence-electron chi connectivity index (χ4n) is 2.06. The van der Waals surface area contributed by atoms with E-state index in [-0.39, 0.29) is 22.6 Å². The highest BCUT2D eigenvalue weighted by atomic mass is 35.5. The van der Waals surface area contributed by atoms with E-state index in [9.17, 15) is 14.4 Å². The van der Waals surface area contributed by atoms with Crippen LogP contribution in [0.2, 0.25) is 5.15 Å². The predicted molar refractivity (Wildman–Crippen MR) is 90.1 cm³/mol. The molecular weight excluding hydrogens is 331 g/mol. The van der Waals surface area contributed by atoms with E-state index in [4.69, 9.17) is 11.6 Å². The second-order valence-electron chi connectivity index (χ2n) is 5.48. The van der Waals surface area contributed by atoms with Crippen LogP contribution < -0.4 is 5.32 Å². The number of benzene rings is 1. The minimum atomic E-state index is -0.475. The molecule has 2 aromatic rings. The van der Waals surface area contributed by atoms with E-state index in [0.29, 0.717) is 16.9 Å². The SMILES string of the molecule is Cc1nn(-c2ccc(F)cc2)c(Cl)c1C=C(C#N)C(=O)NC(C)C. The molecule has 7 heteroatoms. The quantitative estimate of drug-likeness (QED) is 0.681. The molecule has 0 unspecified atom stereocenters. The van der Waals surface area contributed by atoms with Crippen molar-refractivity contribution in [3.05, 3.63) is 52.1 Å². The number of nitriles is 1. The number of amides is 1. The monoisotopic (exact) mass is 346 g/mol. The van der Waals surface area contributed by atoms with Crippen LogP contribution in [0.5, 0.6) is 0 Å². The summed E-state index contributed by atoms with van der Waals surface area (Å²) in [5.74, 6) is -0.839. The molecule has 2 rings (SSSR count). The van der Waals surface area contributed by atoms with Crippen LogP contribution >= 0.6 is 11.6 Å². The number of aromatic nitrogens is 2. The smallest absolute Gasteiger partial charge is 0.262 e. The van der Waals surface area contributed by atoms with Crippen molar-refractivity contribution in [2.75, 3.05) is 0 Å². The number of aryl methyl sites for hydroxylation is 1. The van der Waals surface area contributed by atoms with E-state index < -0.39 is 5.91 Å². The highest BCUT2D eigenvalue weighted by Crippen LogP contribution is 2.25. The zero-order chi connectivity index (χ0) is 17.9. The number of halogens is 2. The second kappa shape index (κ2) is 7.28. The maximum Gasteiger partial charge on any atom is 0.262 e. The van der Waals surface area contributed by atoms with Gasteiger partial charge in [-0.1, -0.05) is 11.6 Å². The van der Waals surface area contributed by atoms with Gasteiger partial charge in [-0.15, -0.1) is 0 Å². The molecule has 0 atom stereocenters. The van der Waals surface area contributed by atoms with E-state index in [1.807, 2.05) is 6.07 Å². The molecule has 1 heterocycles. The summed E-state index contributed by atoms with van der Waals surface area (Å²) in [4.78, 5) is 12.0.